The fourth-order valence-electron chi connectivity index (χ4n) is 1.64. The number of rotatable bonds is 9. The first-order chi connectivity index (χ1) is 8.77. The van der Waals surface area contributed by atoms with Crippen molar-refractivity contribution in [2.45, 2.75) is 45.6 Å². The zero-order valence-electron chi connectivity index (χ0n) is 10.9. The molecule has 0 aliphatic heterocycles. The minimum Gasteiger partial charge on any atom is -0.375 e. The summed E-state index contributed by atoms with van der Waals surface area (Å²) in [6, 6.07) is 3.50. The number of nitrogens with one attached hydrogen (secondary N) is 1. The molecule has 4 nitrogen and oxygen atoms in total. The van der Waals surface area contributed by atoms with E-state index in [0.29, 0.717) is 17.4 Å². The lowest BCUT2D eigenvalue weighted by Crippen LogP contribution is -2.10. The molecule has 0 amide bonds. The summed E-state index contributed by atoms with van der Waals surface area (Å²) >= 11 is 6.02. The van der Waals surface area contributed by atoms with Crippen LogP contribution in [0.25, 0.3) is 0 Å². The minimum atomic E-state index is 0.433. The van der Waals surface area contributed by atoms with Gasteiger partial charge in [-0.3, -0.25) is 0 Å². The number of aromatic nitrogens is 1. The van der Waals surface area contributed by atoms with Gasteiger partial charge in [-0.05, 0) is 18.6 Å². The number of hydrazine groups is 1. The third-order valence-corrected chi connectivity index (χ3v) is 3.04. The molecule has 0 saturated carbocycles. The molecule has 18 heavy (non-hydrogen) atoms. The summed E-state index contributed by atoms with van der Waals surface area (Å²) in [6.07, 6.45) is 6.16. The van der Waals surface area contributed by atoms with Crippen molar-refractivity contribution in [2.24, 2.45) is 5.84 Å². The number of anilines is 1. The van der Waals surface area contributed by atoms with E-state index >= 15 is 0 Å². The molecule has 0 unspecified atom stereocenters. The summed E-state index contributed by atoms with van der Waals surface area (Å²) in [5.41, 5.74) is 3.22. The number of pyridine rings is 1. The summed E-state index contributed by atoms with van der Waals surface area (Å²) in [6.45, 7) is 3.40. The molecule has 0 spiro atoms. The van der Waals surface area contributed by atoms with E-state index < -0.39 is 0 Å². The first-order valence-corrected chi connectivity index (χ1v) is 6.85. The number of nitrogens with zero attached hydrogens (tertiary/aromatic N) is 1. The van der Waals surface area contributed by atoms with Crippen molar-refractivity contribution in [1.29, 1.82) is 0 Å². The van der Waals surface area contributed by atoms with Crippen LogP contribution in [0.4, 0.5) is 5.82 Å². The van der Waals surface area contributed by atoms with Gasteiger partial charge in [-0.15, -0.1) is 0 Å². The maximum atomic E-state index is 6.02. The zero-order chi connectivity index (χ0) is 13.2. The number of unbranched alkanes of at least 4 members (excludes halogenated alkanes) is 4. The van der Waals surface area contributed by atoms with E-state index in [2.05, 4.69) is 17.3 Å². The Bertz CT molecular complexity index is 347. The molecule has 0 aromatic carbocycles. The lowest BCUT2D eigenvalue weighted by atomic mass is 10.2. The van der Waals surface area contributed by atoms with Crippen molar-refractivity contribution in [3.63, 3.8) is 0 Å². The highest BCUT2D eigenvalue weighted by atomic mass is 35.5. The predicted molar refractivity (Wildman–Crippen MR) is 75.5 cm³/mol. The molecule has 102 valence electrons. The molecule has 0 saturated heterocycles. The van der Waals surface area contributed by atoms with Crippen LogP contribution in [0.1, 0.15) is 44.7 Å². The largest absolute Gasteiger partial charge is 0.375 e. The van der Waals surface area contributed by atoms with Crippen LogP contribution in [0.2, 0.25) is 5.02 Å². The Morgan fingerprint density at radius 2 is 2.06 bits per heavy atom. The molecule has 0 bridgehead atoms. The van der Waals surface area contributed by atoms with Gasteiger partial charge in [0.15, 0.2) is 0 Å². The number of hydrogen-bond donors (Lipinski definition) is 2. The molecule has 0 aliphatic rings. The molecule has 3 N–H and O–H groups in total. The number of hydrogen-bond acceptors (Lipinski definition) is 4. The van der Waals surface area contributed by atoms with Gasteiger partial charge in [-0.2, -0.15) is 0 Å². The monoisotopic (exact) mass is 271 g/mol. The Labute approximate surface area is 114 Å². The van der Waals surface area contributed by atoms with Crippen LogP contribution in [0, 0.1) is 0 Å². The van der Waals surface area contributed by atoms with Gasteiger partial charge in [-0.1, -0.05) is 44.2 Å². The Morgan fingerprint density at radius 1 is 1.28 bits per heavy atom. The highest BCUT2D eigenvalue weighted by molar-refractivity contribution is 6.31. The summed E-state index contributed by atoms with van der Waals surface area (Å²) in [5, 5.41) is 0.611. The molecule has 0 aliphatic carbocycles. The van der Waals surface area contributed by atoms with Crippen molar-refractivity contribution in [3.05, 3.63) is 22.8 Å². The van der Waals surface area contributed by atoms with Crippen LogP contribution in [-0.4, -0.2) is 11.6 Å². The van der Waals surface area contributed by atoms with E-state index in [1.165, 1.54) is 25.7 Å². The van der Waals surface area contributed by atoms with Crippen molar-refractivity contribution in [2.75, 3.05) is 12.0 Å². The van der Waals surface area contributed by atoms with Gasteiger partial charge in [-0.25, -0.2) is 10.8 Å². The third-order valence-electron chi connectivity index (χ3n) is 2.70. The normalized spacial score (nSPS) is 10.6. The van der Waals surface area contributed by atoms with E-state index in [1.54, 1.807) is 12.1 Å². The van der Waals surface area contributed by atoms with Crippen molar-refractivity contribution >= 4 is 17.4 Å². The average Bonchev–Trinajstić information content (AvgIpc) is 2.39. The number of nitrogens with two attached hydrogens (primary N) is 1. The second-order valence-corrected chi connectivity index (χ2v) is 4.64. The highest BCUT2D eigenvalue weighted by Gasteiger charge is 2.03. The molecule has 0 fully saturated rings. The van der Waals surface area contributed by atoms with E-state index in [-0.39, 0.29) is 0 Å². The summed E-state index contributed by atoms with van der Waals surface area (Å²) in [5.74, 6) is 5.89. The van der Waals surface area contributed by atoms with Crippen LogP contribution in [0.5, 0.6) is 0 Å². The molecule has 1 aromatic rings. The SMILES string of the molecule is CCCCCCCOCc1nc(NN)ccc1Cl. The van der Waals surface area contributed by atoms with Gasteiger partial charge >= 0.3 is 0 Å². The molecule has 0 radical (unpaired) electrons. The maximum absolute atomic E-state index is 6.02. The van der Waals surface area contributed by atoms with Crippen LogP contribution in [-0.2, 0) is 11.3 Å². The number of halogens is 1. The fourth-order valence-corrected chi connectivity index (χ4v) is 1.80. The van der Waals surface area contributed by atoms with Crippen molar-refractivity contribution < 1.29 is 4.74 Å². The van der Waals surface area contributed by atoms with Gasteiger partial charge in [0.1, 0.15) is 5.82 Å². The summed E-state index contributed by atoms with van der Waals surface area (Å²) in [7, 11) is 0. The Balaban J connectivity index is 2.22. The summed E-state index contributed by atoms with van der Waals surface area (Å²) < 4.78 is 5.56. The average molecular weight is 272 g/mol. The van der Waals surface area contributed by atoms with Crippen LogP contribution in [0.3, 0.4) is 0 Å². The molecule has 1 rings (SSSR count). The zero-order valence-corrected chi connectivity index (χ0v) is 11.7. The minimum absolute atomic E-state index is 0.433. The smallest absolute Gasteiger partial charge is 0.140 e. The number of nitrogen functional groups attached to an aromatic ring is 1. The predicted octanol–water partition coefficient (Wildman–Crippen LogP) is 3.51. The van der Waals surface area contributed by atoms with E-state index in [9.17, 15) is 0 Å². The second kappa shape index (κ2) is 9.14. The third kappa shape index (κ3) is 5.67. The fraction of sp³-hybridized carbons (Fsp3) is 0.615. The van der Waals surface area contributed by atoms with Gasteiger partial charge < -0.3 is 10.2 Å². The number of ether oxygens (including phenoxy) is 1. The van der Waals surface area contributed by atoms with Gasteiger partial charge in [0.25, 0.3) is 0 Å². The Hall–Kier alpha value is -0.840. The van der Waals surface area contributed by atoms with E-state index in [0.717, 1.165) is 18.7 Å². The van der Waals surface area contributed by atoms with Crippen LogP contribution >= 0.6 is 11.6 Å². The topological polar surface area (TPSA) is 60.2 Å². The van der Waals surface area contributed by atoms with Crippen molar-refractivity contribution in [3.8, 4) is 0 Å². The molecule has 1 heterocycles. The standard InChI is InChI=1S/C13H22ClN3O/c1-2-3-4-5-6-9-18-10-12-11(14)7-8-13(16-12)17-15/h7-8H,2-6,9-10,15H2,1H3,(H,16,17). The van der Waals surface area contributed by atoms with E-state index in [4.69, 9.17) is 22.2 Å². The molecule has 1 aromatic heterocycles. The molecular formula is C13H22ClN3O. The van der Waals surface area contributed by atoms with E-state index in [1.807, 2.05) is 0 Å². The lowest BCUT2D eigenvalue weighted by Gasteiger charge is -2.07. The molecule has 0 atom stereocenters. The molecule has 5 heteroatoms. The first-order valence-electron chi connectivity index (χ1n) is 6.47. The van der Waals surface area contributed by atoms with Gasteiger partial charge in [0.05, 0.1) is 17.3 Å². The maximum Gasteiger partial charge on any atom is 0.140 e. The van der Waals surface area contributed by atoms with Crippen molar-refractivity contribution in [1.82, 2.24) is 4.98 Å². The first kappa shape index (κ1) is 15.2. The van der Waals surface area contributed by atoms with Crippen LogP contribution in [0.15, 0.2) is 12.1 Å². The van der Waals surface area contributed by atoms with Crippen LogP contribution < -0.4 is 11.3 Å². The Morgan fingerprint density at radius 3 is 2.78 bits per heavy atom. The Kier molecular flexibility index (Phi) is 7.73. The summed E-state index contributed by atoms with van der Waals surface area (Å²) in [4.78, 5) is 4.24. The molecular weight excluding hydrogens is 250 g/mol. The van der Waals surface area contributed by atoms with Gasteiger partial charge in [0.2, 0.25) is 0 Å². The van der Waals surface area contributed by atoms with Gasteiger partial charge in [0, 0.05) is 6.61 Å². The quantitative estimate of drug-likeness (QED) is 0.410. The second-order valence-electron chi connectivity index (χ2n) is 4.24. The highest BCUT2D eigenvalue weighted by Crippen LogP contribution is 2.17. The lowest BCUT2D eigenvalue weighted by molar-refractivity contribution is 0.114.